The van der Waals surface area contributed by atoms with Crippen molar-refractivity contribution in [2.75, 3.05) is 13.2 Å². The minimum absolute atomic E-state index is 0.154. The van der Waals surface area contributed by atoms with Gasteiger partial charge in [-0.05, 0) is 19.8 Å². The highest BCUT2D eigenvalue weighted by Gasteiger charge is 2.19. The van der Waals surface area contributed by atoms with Crippen LogP contribution in [0, 0.1) is 0 Å². The third-order valence-electron chi connectivity index (χ3n) is 3.01. The molecule has 0 aliphatic heterocycles. The minimum Gasteiger partial charge on any atom is -0.433 e. The van der Waals surface area contributed by atoms with Crippen LogP contribution in [0.15, 0.2) is 24.8 Å². The quantitative estimate of drug-likeness (QED) is 0.223. The van der Waals surface area contributed by atoms with Crippen molar-refractivity contribution in [3.63, 3.8) is 0 Å². The Kier molecular flexibility index (Phi) is 7.45. The standard InChI is InChI=1S/C15H24O4/c1-4-10-17-11-12(2)15(16)19-13(3)18-14-8-6-5-7-9-14/h4,13-14H,1-2,5-11H2,3H3. The van der Waals surface area contributed by atoms with E-state index in [0.717, 1.165) is 12.8 Å². The molecule has 0 saturated heterocycles. The van der Waals surface area contributed by atoms with Gasteiger partial charge in [0.1, 0.15) is 0 Å². The van der Waals surface area contributed by atoms with Gasteiger partial charge in [0.15, 0.2) is 0 Å². The van der Waals surface area contributed by atoms with Gasteiger partial charge in [0.25, 0.3) is 0 Å². The average Bonchev–Trinajstić information content (AvgIpc) is 2.39. The van der Waals surface area contributed by atoms with E-state index in [1.54, 1.807) is 13.0 Å². The highest BCUT2D eigenvalue weighted by atomic mass is 16.7. The maximum Gasteiger partial charge on any atom is 0.338 e. The first-order chi connectivity index (χ1) is 9.13. The Labute approximate surface area is 115 Å². The third kappa shape index (κ3) is 6.55. The molecule has 0 amide bonds. The van der Waals surface area contributed by atoms with Crippen LogP contribution in [0.5, 0.6) is 0 Å². The Balaban J connectivity index is 2.22. The van der Waals surface area contributed by atoms with E-state index in [-0.39, 0.29) is 12.7 Å². The predicted octanol–water partition coefficient (Wildman–Crippen LogP) is 2.98. The lowest BCUT2D eigenvalue weighted by atomic mass is 9.98. The Hall–Kier alpha value is -1.13. The van der Waals surface area contributed by atoms with Crippen LogP contribution in [0.1, 0.15) is 39.0 Å². The number of carbonyl (C=O) groups is 1. The highest BCUT2D eigenvalue weighted by molar-refractivity contribution is 5.88. The van der Waals surface area contributed by atoms with Gasteiger partial charge in [0, 0.05) is 0 Å². The van der Waals surface area contributed by atoms with Crippen LogP contribution in [0.2, 0.25) is 0 Å². The van der Waals surface area contributed by atoms with Crippen molar-refractivity contribution in [3.05, 3.63) is 24.8 Å². The van der Waals surface area contributed by atoms with E-state index in [1.165, 1.54) is 19.3 Å². The summed E-state index contributed by atoms with van der Waals surface area (Å²) >= 11 is 0. The summed E-state index contributed by atoms with van der Waals surface area (Å²) in [6.07, 6.45) is 7.03. The fourth-order valence-corrected chi connectivity index (χ4v) is 2.06. The first kappa shape index (κ1) is 15.9. The number of hydrogen-bond acceptors (Lipinski definition) is 4. The molecule has 0 aromatic heterocycles. The Morgan fingerprint density at radius 2 is 2.05 bits per heavy atom. The second-order valence-electron chi connectivity index (χ2n) is 4.78. The van der Waals surface area contributed by atoms with Gasteiger partial charge in [-0.3, -0.25) is 0 Å². The maximum absolute atomic E-state index is 11.7. The van der Waals surface area contributed by atoms with Crippen molar-refractivity contribution >= 4 is 5.97 Å². The topological polar surface area (TPSA) is 44.8 Å². The molecule has 4 nitrogen and oxygen atoms in total. The largest absolute Gasteiger partial charge is 0.433 e. The van der Waals surface area contributed by atoms with Crippen LogP contribution in [0.25, 0.3) is 0 Å². The van der Waals surface area contributed by atoms with Crippen LogP contribution in [-0.2, 0) is 19.0 Å². The van der Waals surface area contributed by atoms with Gasteiger partial charge in [-0.15, -0.1) is 6.58 Å². The number of carbonyl (C=O) groups excluding carboxylic acids is 1. The summed E-state index contributed by atoms with van der Waals surface area (Å²) in [4.78, 5) is 11.7. The summed E-state index contributed by atoms with van der Waals surface area (Å²) in [6.45, 7) is 9.45. The smallest absolute Gasteiger partial charge is 0.338 e. The third-order valence-corrected chi connectivity index (χ3v) is 3.01. The molecule has 1 atom stereocenters. The predicted molar refractivity (Wildman–Crippen MR) is 73.7 cm³/mol. The molecule has 0 N–H and O–H groups in total. The lowest BCUT2D eigenvalue weighted by Crippen LogP contribution is -2.27. The summed E-state index contributed by atoms with van der Waals surface area (Å²) < 4.78 is 16.0. The zero-order chi connectivity index (χ0) is 14.1. The molecule has 0 bridgehead atoms. The summed E-state index contributed by atoms with van der Waals surface area (Å²) in [6, 6.07) is 0. The number of rotatable bonds is 8. The Morgan fingerprint density at radius 3 is 2.68 bits per heavy atom. The molecule has 0 spiro atoms. The van der Waals surface area contributed by atoms with Gasteiger partial charge >= 0.3 is 5.97 Å². The Morgan fingerprint density at radius 1 is 1.37 bits per heavy atom. The molecule has 1 aliphatic rings. The molecular formula is C15H24O4. The summed E-state index contributed by atoms with van der Waals surface area (Å²) in [5.74, 6) is -0.465. The Bertz CT molecular complexity index is 305. The van der Waals surface area contributed by atoms with Gasteiger partial charge in [0.2, 0.25) is 6.29 Å². The van der Waals surface area contributed by atoms with Crippen LogP contribution in [0.3, 0.4) is 0 Å². The normalized spacial score (nSPS) is 17.7. The first-order valence-corrected chi connectivity index (χ1v) is 6.86. The summed E-state index contributed by atoms with van der Waals surface area (Å²) in [7, 11) is 0. The van der Waals surface area contributed by atoms with E-state index >= 15 is 0 Å². The molecule has 0 radical (unpaired) electrons. The van der Waals surface area contributed by atoms with Gasteiger partial charge < -0.3 is 14.2 Å². The van der Waals surface area contributed by atoms with Crippen LogP contribution in [0.4, 0.5) is 0 Å². The molecule has 1 unspecified atom stereocenters. The van der Waals surface area contributed by atoms with E-state index in [9.17, 15) is 4.79 Å². The maximum atomic E-state index is 11.7. The van der Waals surface area contributed by atoms with Crippen molar-refractivity contribution in [1.29, 1.82) is 0 Å². The number of esters is 1. The van der Waals surface area contributed by atoms with E-state index in [2.05, 4.69) is 13.2 Å². The lowest BCUT2D eigenvalue weighted by molar-refractivity contribution is -0.183. The highest BCUT2D eigenvalue weighted by Crippen LogP contribution is 2.21. The minimum atomic E-state index is -0.535. The fourth-order valence-electron chi connectivity index (χ4n) is 2.06. The molecule has 0 aromatic carbocycles. The zero-order valence-electron chi connectivity index (χ0n) is 11.7. The molecule has 1 saturated carbocycles. The van der Waals surface area contributed by atoms with E-state index < -0.39 is 12.3 Å². The van der Waals surface area contributed by atoms with Crippen molar-refractivity contribution in [2.45, 2.75) is 51.4 Å². The van der Waals surface area contributed by atoms with Crippen molar-refractivity contribution in [3.8, 4) is 0 Å². The number of hydrogen-bond donors (Lipinski definition) is 0. The van der Waals surface area contributed by atoms with Gasteiger partial charge in [-0.1, -0.05) is 31.9 Å². The van der Waals surface area contributed by atoms with Crippen LogP contribution >= 0.6 is 0 Å². The van der Waals surface area contributed by atoms with Gasteiger partial charge in [0.05, 0.1) is 24.9 Å². The molecule has 0 heterocycles. The van der Waals surface area contributed by atoms with Crippen molar-refractivity contribution in [1.82, 2.24) is 0 Å². The van der Waals surface area contributed by atoms with E-state index in [0.29, 0.717) is 12.2 Å². The molecule has 4 heteroatoms. The monoisotopic (exact) mass is 268 g/mol. The van der Waals surface area contributed by atoms with Gasteiger partial charge in [-0.25, -0.2) is 4.79 Å². The van der Waals surface area contributed by atoms with Crippen molar-refractivity contribution in [2.24, 2.45) is 0 Å². The van der Waals surface area contributed by atoms with Crippen molar-refractivity contribution < 1.29 is 19.0 Å². The van der Waals surface area contributed by atoms with Crippen LogP contribution in [-0.4, -0.2) is 31.6 Å². The van der Waals surface area contributed by atoms with Crippen LogP contribution < -0.4 is 0 Å². The molecule has 1 fully saturated rings. The molecule has 108 valence electrons. The van der Waals surface area contributed by atoms with Gasteiger partial charge in [-0.2, -0.15) is 0 Å². The molecule has 1 rings (SSSR count). The van der Waals surface area contributed by atoms with E-state index in [4.69, 9.17) is 14.2 Å². The fraction of sp³-hybridized carbons (Fsp3) is 0.667. The zero-order valence-corrected chi connectivity index (χ0v) is 11.7. The summed E-state index contributed by atoms with van der Waals surface area (Å²) in [5, 5.41) is 0. The second kappa shape index (κ2) is 8.88. The second-order valence-corrected chi connectivity index (χ2v) is 4.78. The molecule has 0 aromatic rings. The molecule has 1 aliphatic carbocycles. The molecule has 19 heavy (non-hydrogen) atoms. The summed E-state index contributed by atoms with van der Waals surface area (Å²) in [5.41, 5.74) is 0.293. The number of ether oxygens (including phenoxy) is 3. The lowest BCUT2D eigenvalue weighted by Gasteiger charge is -2.25. The average molecular weight is 268 g/mol. The molecular weight excluding hydrogens is 244 g/mol. The first-order valence-electron chi connectivity index (χ1n) is 6.86. The SMILES string of the molecule is C=CCOCC(=C)C(=O)OC(C)OC1CCCCC1. The van der Waals surface area contributed by atoms with E-state index in [1.807, 2.05) is 0 Å².